The van der Waals surface area contributed by atoms with Crippen LogP contribution < -0.4 is 5.32 Å². The Kier molecular flexibility index (Phi) is 4.81. The van der Waals surface area contributed by atoms with Crippen LogP contribution in [0.15, 0.2) is 10.7 Å². The van der Waals surface area contributed by atoms with Gasteiger partial charge in [-0.25, -0.2) is 4.98 Å². The van der Waals surface area contributed by atoms with Gasteiger partial charge in [0.2, 0.25) is 5.28 Å². The monoisotopic (exact) mass is 333 g/mol. The van der Waals surface area contributed by atoms with Gasteiger partial charge in [-0.05, 0) is 40.4 Å². The highest BCUT2D eigenvalue weighted by atomic mass is 79.9. The average molecular weight is 335 g/mol. The minimum absolute atomic E-state index is 0.202. The molecule has 1 aromatic heterocycles. The summed E-state index contributed by atoms with van der Waals surface area (Å²) < 4.78 is 0.754. The summed E-state index contributed by atoms with van der Waals surface area (Å²) in [5, 5.41) is 13.9. The van der Waals surface area contributed by atoms with Gasteiger partial charge in [-0.1, -0.05) is 25.7 Å². The summed E-state index contributed by atoms with van der Waals surface area (Å²) in [5.74, 6) is 0.632. The third-order valence-electron chi connectivity index (χ3n) is 3.33. The van der Waals surface area contributed by atoms with E-state index in [9.17, 15) is 5.11 Å². The third kappa shape index (κ3) is 3.80. The van der Waals surface area contributed by atoms with E-state index >= 15 is 0 Å². The normalized spacial score (nSPS) is 19.3. The SMILES string of the molecule is OC1(CNc2nc(Cl)ncc2Br)CCCCCC1. The number of hydrogen-bond acceptors (Lipinski definition) is 4. The first kappa shape index (κ1) is 14.0. The van der Waals surface area contributed by atoms with Gasteiger partial charge in [0, 0.05) is 12.7 Å². The minimum atomic E-state index is -0.632. The Labute approximate surface area is 120 Å². The fourth-order valence-corrected chi connectivity index (χ4v) is 2.75. The van der Waals surface area contributed by atoms with Crippen molar-refractivity contribution >= 4 is 33.3 Å². The molecule has 100 valence electrons. The van der Waals surface area contributed by atoms with E-state index in [4.69, 9.17) is 11.6 Å². The number of rotatable bonds is 3. The molecule has 0 unspecified atom stereocenters. The summed E-state index contributed by atoms with van der Waals surface area (Å²) in [6, 6.07) is 0. The van der Waals surface area contributed by atoms with Gasteiger partial charge in [-0.15, -0.1) is 0 Å². The Bertz CT molecular complexity index is 408. The first-order valence-electron chi connectivity index (χ1n) is 6.23. The molecule has 18 heavy (non-hydrogen) atoms. The molecule has 2 rings (SSSR count). The average Bonchev–Trinajstić information content (AvgIpc) is 2.56. The van der Waals surface area contributed by atoms with E-state index in [0.29, 0.717) is 12.4 Å². The van der Waals surface area contributed by atoms with Gasteiger partial charge in [0.1, 0.15) is 5.82 Å². The first-order valence-corrected chi connectivity index (χ1v) is 7.40. The molecule has 0 aromatic carbocycles. The molecule has 0 spiro atoms. The quantitative estimate of drug-likeness (QED) is 0.657. The molecule has 0 amide bonds. The van der Waals surface area contributed by atoms with Crippen LogP contribution in [-0.4, -0.2) is 27.2 Å². The van der Waals surface area contributed by atoms with Crippen LogP contribution in [0, 0.1) is 0 Å². The maximum Gasteiger partial charge on any atom is 0.224 e. The van der Waals surface area contributed by atoms with Crippen LogP contribution >= 0.6 is 27.5 Å². The molecule has 4 nitrogen and oxygen atoms in total. The Morgan fingerprint density at radius 1 is 1.33 bits per heavy atom. The number of halogens is 2. The number of nitrogens with zero attached hydrogens (tertiary/aromatic N) is 2. The van der Waals surface area contributed by atoms with Crippen LogP contribution in [0.25, 0.3) is 0 Å². The predicted molar refractivity (Wildman–Crippen MR) is 75.9 cm³/mol. The van der Waals surface area contributed by atoms with Crippen molar-refractivity contribution in [2.24, 2.45) is 0 Å². The van der Waals surface area contributed by atoms with Gasteiger partial charge in [-0.2, -0.15) is 4.98 Å². The van der Waals surface area contributed by atoms with E-state index < -0.39 is 5.60 Å². The molecule has 1 aliphatic carbocycles. The highest BCUT2D eigenvalue weighted by Crippen LogP contribution is 2.28. The highest BCUT2D eigenvalue weighted by Gasteiger charge is 2.27. The van der Waals surface area contributed by atoms with E-state index in [1.165, 1.54) is 12.8 Å². The zero-order valence-corrected chi connectivity index (χ0v) is 12.5. The van der Waals surface area contributed by atoms with Gasteiger partial charge >= 0.3 is 0 Å². The van der Waals surface area contributed by atoms with Crippen molar-refractivity contribution in [1.29, 1.82) is 0 Å². The number of anilines is 1. The molecular weight excluding hydrogens is 318 g/mol. The summed E-state index contributed by atoms with van der Waals surface area (Å²) in [6.45, 7) is 0.499. The van der Waals surface area contributed by atoms with Crippen LogP contribution in [0.1, 0.15) is 38.5 Å². The molecule has 1 heterocycles. The summed E-state index contributed by atoms with van der Waals surface area (Å²) in [6.07, 6.45) is 7.89. The maximum absolute atomic E-state index is 10.5. The minimum Gasteiger partial charge on any atom is -0.388 e. The lowest BCUT2D eigenvalue weighted by Crippen LogP contribution is -2.36. The van der Waals surface area contributed by atoms with Gasteiger partial charge < -0.3 is 10.4 Å². The topological polar surface area (TPSA) is 58.0 Å². The number of nitrogens with one attached hydrogen (secondary N) is 1. The second-order valence-electron chi connectivity index (χ2n) is 4.83. The number of aromatic nitrogens is 2. The summed E-state index contributed by atoms with van der Waals surface area (Å²) in [5.41, 5.74) is -0.632. The van der Waals surface area contributed by atoms with Crippen LogP contribution in [-0.2, 0) is 0 Å². The number of aliphatic hydroxyl groups is 1. The van der Waals surface area contributed by atoms with Crippen molar-refractivity contribution in [1.82, 2.24) is 9.97 Å². The van der Waals surface area contributed by atoms with Crippen molar-refractivity contribution in [3.05, 3.63) is 16.0 Å². The van der Waals surface area contributed by atoms with E-state index in [2.05, 4.69) is 31.2 Å². The van der Waals surface area contributed by atoms with Crippen LogP contribution in [0.3, 0.4) is 0 Å². The molecule has 0 atom stereocenters. The molecule has 2 N–H and O–H groups in total. The third-order valence-corrected chi connectivity index (χ3v) is 4.10. The lowest BCUT2D eigenvalue weighted by molar-refractivity contribution is 0.0380. The molecule has 0 bridgehead atoms. The van der Waals surface area contributed by atoms with Gasteiger partial charge in [0.05, 0.1) is 10.1 Å². The second kappa shape index (κ2) is 6.17. The Hall–Kier alpha value is -0.390. The molecular formula is C12H17BrClN3O. The lowest BCUT2D eigenvalue weighted by Gasteiger charge is -2.27. The van der Waals surface area contributed by atoms with Crippen molar-refractivity contribution < 1.29 is 5.11 Å². The molecule has 1 aliphatic rings. The Balaban J connectivity index is 1.99. The standard InChI is InChI=1S/C12H17BrClN3O/c13-9-7-15-11(14)17-10(9)16-8-12(18)5-3-1-2-4-6-12/h7,18H,1-6,8H2,(H,15,16,17). The second-order valence-corrected chi connectivity index (χ2v) is 6.02. The molecule has 0 saturated heterocycles. The smallest absolute Gasteiger partial charge is 0.224 e. The maximum atomic E-state index is 10.5. The van der Waals surface area contributed by atoms with Crippen molar-refractivity contribution in [2.75, 3.05) is 11.9 Å². The summed E-state index contributed by atoms with van der Waals surface area (Å²) >= 11 is 9.11. The molecule has 0 aliphatic heterocycles. The van der Waals surface area contributed by atoms with Crippen LogP contribution in [0.5, 0.6) is 0 Å². The molecule has 1 saturated carbocycles. The summed E-state index contributed by atoms with van der Waals surface area (Å²) in [7, 11) is 0. The Morgan fingerprint density at radius 2 is 2.00 bits per heavy atom. The highest BCUT2D eigenvalue weighted by molar-refractivity contribution is 9.10. The van der Waals surface area contributed by atoms with Gasteiger partial charge in [-0.3, -0.25) is 0 Å². The summed E-state index contributed by atoms with van der Waals surface area (Å²) in [4.78, 5) is 7.97. The fourth-order valence-electron chi connectivity index (χ4n) is 2.28. The molecule has 1 fully saturated rings. The van der Waals surface area contributed by atoms with Gasteiger partial charge in [0.15, 0.2) is 0 Å². The van der Waals surface area contributed by atoms with Crippen molar-refractivity contribution in [2.45, 2.75) is 44.1 Å². The fraction of sp³-hybridized carbons (Fsp3) is 0.667. The van der Waals surface area contributed by atoms with Crippen molar-refractivity contribution in [3.8, 4) is 0 Å². The van der Waals surface area contributed by atoms with Crippen LogP contribution in [0.4, 0.5) is 5.82 Å². The van der Waals surface area contributed by atoms with E-state index in [1.807, 2.05) is 0 Å². The number of hydrogen-bond donors (Lipinski definition) is 2. The van der Waals surface area contributed by atoms with E-state index in [0.717, 1.165) is 30.2 Å². The molecule has 0 radical (unpaired) electrons. The van der Waals surface area contributed by atoms with E-state index in [-0.39, 0.29) is 5.28 Å². The Morgan fingerprint density at radius 3 is 2.67 bits per heavy atom. The predicted octanol–water partition coefficient (Wildman–Crippen LogP) is 3.39. The van der Waals surface area contributed by atoms with Crippen LogP contribution in [0.2, 0.25) is 5.28 Å². The first-order chi connectivity index (χ1) is 8.59. The molecule has 6 heteroatoms. The van der Waals surface area contributed by atoms with Gasteiger partial charge in [0.25, 0.3) is 0 Å². The zero-order chi connectivity index (χ0) is 13.0. The van der Waals surface area contributed by atoms with E-state index in [1.54, 1.807) is 6.20 Å². The molecule has 1 aromatic rings. The largest absolute Gasteiger partial charge is 0.388 e. The van der Waals surface area contributed by atoms with Crippen molar-refractivity contribution in [3.63, 3.8) is 0 Å². The zero-order valence-electron chi connectivity index (χ0n) is 10.1. The lowest BCUT2D eigenvalue weighted by atomic mass is 9.94.